The van der Waals surface area contributed by atoms with Gasteiger partial charge < -0.3 is 14.8 Å². The van der Waals surface area contributed by atoms with Crippen molar-refractivity contribution >= 4 is 17.9 Å². The van der Waals surface area contributed by atoms with E-state index in [1.165, 1.54) is 0 Å². The predicted molar refractivity (Wildman–Crippen MR) is 95.7 cm³/mol. The highest BCUT2D eigenvalue weighted by Gasteiger charge is 2.23. The molecule has 0 bridgehead atoms. The Balaban J connectivity index is 1.64. The van der Waals surface area contributed by atoms with Crippen LogP contribution in [0.25, 0.3) is 0 Å². The Hall–Kier alpha value is -3.08. The van der Waals surface area contributed by atoms with Gasteiger partial charge in [-0.2, -0.15) is 5.26 Å². The van der Waals surface area contributed by atoms with Crippen LogP contribution in [0, 0.1) is 17.2 Å². The summed E-state index contributed by atoms with van der Waals surface area (Å²) in [5.74, 6) is -0.674. The number of nitrogens with zero attached hydrogens (tertiary/aromatic N) is 1. The maximum absolute atomic E-state index is 11.8. The van der Waals surface area contributed by atoms with Gasteiger partial charge in [0.25, 0.3) is 5.91 Å². The number of urea groups is 1. The van der Waals surface area contributed by atoms with Crippen molar-refractivity contribution in [2.75, 3.05) is 13.2 Å². The molecular formula is C19H23N3O5. The zero-order chi connectivity index (χ0) is 19.6. The summed E-state index contributed by atoms with van der Waals surface area (Å²) in [5, 5.41) is 13.6. The molecule has 1 aliphatic rings. The van der Waals surface area contributed by atoms with Gasteiger partial charge in [0, 0.05) is 6.04 Å². The summed E-state index contributed by atoms with van der Waals surface area (Å²) in [4.78, 5) is 35.2. The van der Waals surface area contributed by atoms with Gasteiger partial charge in [0.1, 0.15) is 5.75 Å². The first-order valence-electron chi connectivity index (χ1n) is 8.87. The Bertz CT molecular complexity index is 711. The Morgan fingerprint density at radius 3 is 2.52 bits per heavy atom. The Morgan fingerprint density at radius 1 is 1.15 bits per heavy atom. The minimum Gasteiger partial charge on any atom is -0.482 e. The Labute approximate surface area is 157 Å². The van der Waals surface area contributed by atoms with Crippen LogP contribution in [-0.4, -0.2) is 37.2 Å². The molecule has 144 valence electrons. The molecular weight excluding hydrogens is 350 g/mol. The lowest BCUT2D eigenvalue weighted by molar-refractivity contribution is -0.150. The number of ether oxygens (including phenoxy) is 2. The monoisotopic (exact) mass is 373 g/mol. The van der Waals surface area contributed by atoms with Gasteiger partial charge in [-0.05, 0) is 43.0 Å². The highest BCUT2D eigenvalue weighted by Crippen LogP contribution is 2.23. The van der Waals surface area contributed by atoms with E-state index in [9.17, 15) is 14.4 Å². The van der Waals surface area contributed by atoms with Crippen LogP contribution in [0.1, 0.15) is 38.2 Å². The summed E-state index contributed by atoms with van der Waals surface area (Å²) in [6.07, 6.45) is 4.15. The SMILES string of the molecule is C[C@H]1CCCC[C@@H]1NC(=O)NC(=O)COC(=O)COc1ccc(C#N)cc1. The topological polar surface area (TPSA) is 118 Å². The number of esters is 1. The molecule has 0 radical (unpaired) electrons. The standard InChI is InChI=1S/C19H23N3O5/c1-13-4-2-3-5-16(13)21-19(25)22-17(23)11-27-18(24)12-26-15-8-6-14(10-20)7-9-15/h6-9,13,16H,2-5,11-12H2,1H3,(H2,21,22,23,25)/t13-,16-/m0/s1. The van der Waals surface area contributed by atoms with E-state index in [1.54, 1.807) is 24.3 Å². The maximum atomic E-state index is 11.8. The second-order valence-corrected chi connectivity index (χ2v) is 6.48. The fraction of sp³-hybridized carbons (Fsp3) is 0.474. The van der Waals surface area contributed by atoms with Crippen molar-refractivity contribution < 1.29 is 23.9 Å². The van der Waals surface area contributed by atoms with Crippen molar-refractivity contribution in [3.63, 3.8) is 0 Å². The van der Waals surface area contributed by atoms with E-state index in [4.69, 9.17) is 14.7 Å². The fourth-order valence-electron chi connectivity index (χ4n) is 2.85. The third-order valence-corrected chi connectivity index (χ3v) is 4.39. The summed E-state index contributed by atoms with van der Waals surface area (Å²) in [7, 11) is 0. The number of nitriles is 1. The van der Waals surface area contributed by atoms with Crippen LogP contribution in [0.4, 0.5) is 4.79 Å². The largest absolute Gasteiger partial charge is 0.482 e. The zero-order valence-corrected chi connectivity index (χ0v) is 15.2. The number of carbonyl (C=O) groups excluding carboxylic acids is 3. The van der Waals surface area contributed by atoms with Gasteiger partial charge in [-0.25, -0.2) is 9.59 Å². The van der Waals surface area contributed by atoms with Gasteiger partial charge >= 0.3 is 12.0 Å². The second-order valence-electron chi connectivity index (χ2n) is 6.48. The van der Waals surface area contributed by atoms with Crippen LogP contribution >= 0.6 is 0 Å². The lowest BCUT2D eigenvalue weighted by atomic mass is 9.86. The van der Waals surface area contributed by atoms with Crippen molar-refractivity contribution in [1.29, 1.82) is 5.26 Å². The summed E-state index contributed by atoms with van der Waals surface area (Å²) in [5.41, 5.74) is 0.475. The number of hydrogen-bond acceptors (Lipinski definition) is 6. The summed E-state index contributed by atoms with van der Waals surface area (Å²) in [6.45, 7) is 1.12. The van der Waals surface area contributed by atoms with E-state index in [2.05, 4.69) is 17.6 Å². The third-order valence-electron chi connectivity index (χ3n) is 4.39. The van der Waals surface area contributed by atoms with Crippen molar-refractivity contribution in [3.8, 4) is 11.8 Å². The molecule has 0 saturated heterocycles. The smallest absolute Gasteiger partial charge is 0.344 e. The predicted octanol–water partition coefficient (Wildman–Crippen LogP) is 1.88. The zero-order valence-electron chi connectivity index (χ0n) is 15.2. The molecule has 0 spiro atoms. The first kappa shape index (κ1) is 20.2. The molecule has 1 aromatic carbocycles. The van der Waals surface area contributed by atoms with Gasteiger partial charge in [-0.3, -0.25) is 10.1 Å². The molecule has 2 atom stereocenters. The van der Waals surface area contributed by atoms with Crippen LogP contribution in [0.2, 0.25) is 0 Å². The summed E-state index contributed by atoms with van der Waals surface area (Å²) < 4.78 is 9.97. The van der Waals surface area contributed by atoms with E-state index in [1.807, 2.05) is 6.07 Å². The van der Waals surface area contributed by atoms with Gasteiger partial charge in [-0.15, -0.1) is 0 Å². The van der Waals surface area contributed by atoms with Gasteiger partial charge in [0.15, 0.2) is 13.2 Å². The first-order chi connectivity index (χ1) is 13.0. The molecule has 0 heterocycles. The van der Waals surface area contributed by atoms with E-state index in [0.29, 0.717) is 17.2 Å². The summed E-state index contributed by atoms with van der Waals surface area (Å²) in [6, 6.07) is 7.65. The molecule has 1 fully saturated rings. The number of benzene rings is 1. The Morgan fingerprint density at radius 2 is 1.85 bits per heavy atom. The molecule has 8 nitrogen and oxygen atoms in total. The van der Waals surface area contributed by atoms with Crippen LogP contribution in [0.15, 0.2) is 24.3 Å². The van der Waals surface area contributed by atoms with E-state index in [-0.39, 0.29) is 12.6 Å². The normalized spacial score (nSPS) is 18.7. The number of amides is 3. The number of hydrogen-bond donors (Lipinski definition) is 2. The molecule has 0 unspecified atom stereocenters. The van der Waals surface area contributed by atoms with Crippen molar-refractivity contribution in [2.24, 2.45) is 5.92 Å². The van der Waals surface area contributed by atoms with Crippen molar-refractivity contribution in [3.05, 3.63) is 29.8 Å². The molecule has 2 rings (SSSR count). The van der Waals surface area contributed by atoms with Gasteiger partial charge in [0.05, 0.1) is 11.6 Å². The number of nitrogens with one attached hydrogen (secondary N) is 2. The second kappa shape index (κ2) is 10.2. The molecule has 8 heteroatoms. The highest BCUT2D eigenvalue weighted by molar-refractivity contribution is 5.95. The number of carbonyl (C=O) groups is 3. The van der Waals surface area contributed by atoms with Gasteiger partial charge in [0.2, 0.25) is 0 Å². The molecule has 3 amide bonds. The molecule has 27 heavy (non-hydrogen) atoms. The van der Waals surface area contributed by atoms with Crippen LogP contribution in [-0.2, 0) is 14.3 Å². The quantitative estimate of drug-likeness (QED) is 0.735. The highest BCUT2D eigenvalue weighted by atomic mass is 16.6. The minimum absolute atomic E-state index is 0.0509. The fourth-order valence-corrected chi connectivity index (χ4v) is 2.85. The summed E-state index contributed by atoms with van der Waals surface area (Å²) >= 11 is 0. The molecule has 0 aromatic heterocycles. The van der Waals surface area contributed by atoms with Crippen LogP contribution in [0.3, 0.4) is 0 Å². The average Bonchev–Trinajstić information content (AvgIpc) is 2.67. The van der Waals surface area contributed by atoms with Gasteiger partial charge in [-0.1, -0.05) is 19.8 Å². The molecule has 1 saturated carbocycles. The average molecular weight is 373 g/mol. The van der Waals surface area contributed by atoms with E-state index < -0.39 is 24.5 Å². The van der Waals surface area contributed by atoms with E-state index >= 15 is 0 Å². The molecule has 1 aromatic rings. The van der Waals surface area contributed by atoms with Crippen LogP contribution in [0.5, 0.6) is 5.75 Å². The van der Waals surface area contributed by atoms with Crippen molar-refractivity contribution in [2.45, 2.75) is 38.6 Å². The molecule has 1 aliphatic carbocycles. The molecule has 2 N–H and O–H groups in total. The minimum atomic E-state index is -0.740. The maximum Gasteiger partial charge on any atom is 0.344 e. The van der Waals surface area contributed by atoms with Crippen molar-refractivity contribution in [1.82, 2.24) is 10.6 Å². The lowest BCUT2D eigenvalue weighted by Crippen LogP contribution is -2.48. The number of imide groups is 1. The first-order valence-corrected chi connectivity index (χ1v) is 8.87. The molecule has 0 aliphatic heterocycles. The van der Waals surface area contributed by atoms with E-state index in [0.717, 1.165) is 25.7 Å². The number of rotatable bonds is 6. The Kier molecular flexibility index (Phi) is 7.62. The lowest BCUT2D eigenvalue weighted by Gasteiger charge is -2.29. The van der Waals surface area contributed by atoms with Crippen LogP contribution < -0.4 is 15.4 Å². The third kappa shape index (κ3) is 6.98.